The van der Waals surface area contributed by atoms with Crippen molar-refractivity contribution in [2.45, 2.75) is 6.61 Å². The van der Waals surface area contributed by atoms with Gasteiger partial charge in [-0.3, -0.25) is 14.5 Å². The Kier molecular flexibility index (Phi) is 9.02. The first-order valence-electron chi connectivity index (χ1n) is 10.8. The third-order valence-corrected chi connectivity index (χ3v) is 7.29. The van der Waals surface area contributed by atoms with Crippen LogP contribution in [0.5, 0.6) is 17.2 Å². The van der Waals surface area contributed by atoms with Crippen LogP contribution in [0.25, 0.3) is 6.08 Å². The second-order valence-corrected chi connectivity index (χ2v) is 10.4. The highest BCUT2D eigenvalue weighted by Gasteiger charge is 2.35. The first-order chi connectivity index (χ1) is 17.7. The lowest BCUT2D eigenvalue weighted by atomic mass is 10.1. The Morgan fingerprint density at radius 2 is 1.81 bits per heavy atom. The molecule has 0 bridgehead atoms. The van der Waals surface area contributed by atoms with Crippen molar-refractivity contribution < 1.29 is 28.2 Å². The summed E-state index contributed by atoms with van der Waals surface area (Å²) in [6, 6.07) is 14.1. The first-order valence-corrected chi connectivity index (χ1v) is 13.2. The van der Waals surface area contributed by atoms with E-state index in [0.29, 0.717) is 37.3 Å². The number of thioether (sulfide) groups is 1. The molecule has 6 nitrogen and oxygen atoms in total. The average Bonchev–Trinajstić information content (AvgIpc) is 3.12. The van der Waals surface area contributed by atoms with Crippen LogP contribution in [-0.4, -0.2) is 36.3 Å². The van der Waals surface area contributed by atoms with Crippen molar-refractivity contribution in [1.82, 2.24) is 4.90 Å². The van der Waals surface area contributed by atoms with E-state index in [1.807, 2.05) is 0 Å². The van der Waals surface area contributed by atoms with E-state index in [0.717, 1.165) is 22.2 Å². The molecule has 0 atom stereocenters. The number of nitrogens with zero attached hydrogens (tertiary/aromatic N) is 1. The summed E-state index contributed by atoms with van der Waals surface area (Å²) >= 11 is 16.5. The lowest BCUT2D eigenvalue weighted by Gasteiger charge is -2.14. The summed E-state index contributed by atoms with van der Waals surface area (Å²) in [4.78, 5) is 26.7. The zero-order chi connectivity index (χ0) is 26.5. The topological polar surface area (TPSA) is 65.1 Å². The van der Waals surface area contributed by atoms with Crippen molar-refractivity contribution in [1.29, 1.82) is 0 Å². The van der Waals surface area contributed by atoms with Crippen LogP contribution in [0.1, 0.15) is 11.1 Å². The van der Waals surface area contributed by atoms with Gasteiger partial charge in [-0.2, -0.15) is 0 Å². The Bertz CT molecular complexity index is 1370. The van der Waals surface area contributed by atoms with Gasteiger partial charge in [0.1, 0.15) is 24.8 Å². The molecular formula is C26H19BrCl2FNO5S. The molecule has 192 valence electrons. The maximum atomic E-state index is 13.0. The van der Waals surface area contributed by atoms with Gasteiger partial charge >= 0.3 is 0 Å². The highest BCUT2D eigenvalue weighted by atomic mass is 79.9. The Hall–Kier alpha value is -2.72. The van der Waals surface area contributed by atoms with Gasteiger partial charge in [0.15, 0.2) is 11.5 Å². The minimum absolute atomic E-state index is 0.0619. The Morgan fingerprint density at radius 3 is 2.51 bits per heavy atom. The molecule has 1 aliphatic heterocycles. The molecule has 4 rings (SSSR count). The summed E-state index contributed by atoms with van der Waals surface area (Å²) in [5, 5.41) is 0.615. The van der Waals surface area contributed by atoms with Gasteiger partial charge in [0.25, 0.3) is 11.1 Å². The lowest BCUT2D eigenvalue weighted by molar-refractivity contribution is -0.123. The quantitative estimate of drug-likeness (QED) is 0.228. The van der Waals surface area contributed by atoms with E-state index in [1.54, 1.807) is 36.4 Å². The van der Waals surface area contributed by atoms with Crippen molar-refractivity contribution in [3.8, 4) is 17.2 Å². The number of ether oxygens (including phenoxy) is 3. The fraction of sp³-hybridized carbons (Fsp3) is 0.154. The minimum atomic E-state index is -0.425. The number of amides is 2. The maximum Gasteiger partial charge on any atom is 0.293 e. The van der Waals surface area contributed by atoms with Crippen molar-refractivity contribution >= 4 is 68.1 Å². The standard InChI is InChI=1S/C26H19BrCl2FNO5S/c1-34-22-11-15(10-20(27)24(22)36-14-16-2-3-17(28)13-21(16)29)12-23-25(32)31(26(33)37-23)8-9-35-19-6-4-18(30)5-7-19/h2-7,10-13H,8-9,14H2,1H3/b23-12-. The number of halogens is 4. The van der Waals surface area contributed by atoms with Gasteiger partial charge in [0, 0.05) is 15.6 Å². The van der Waals surface area contributed by atoms with Crippen LogP contribution in [0, 0.1) is 5.82 Å². The molecule has 0 aliphatic carbocycles. The molecule has 0 saturated carbocycles. The molecule has 1 fully saturated rings. The number of hydrogen-bond acceptors (Lipinski definition) is 6. The second kappa shape index (κ2) is 12.2. The van der Waals surface area contributed by atoms with E-state index in [4.69, 9.17) is 37.4 Å². The molecule has 0 radical (unpaired) electrons. The summed E-state index contributed by atoms with van der Waals surface area (Å²) < 4.78 is 30.6. The molecule has 1 aliphatic rings. The van der Waals surface area contributed by atoms with E-state index >= 15 is 0 Å². The monoisotopic (exact) mass is 625 g/mol. The fourth-order valence-corrected chi connectivity index (χ4v) is 5.28. The van der Waals surface area contributed by atoms with Gasteiger partial charge in [-0.05, 0) is 87.9 Å². The summed E-state index contributed by atoms with van der Waals surface area (Å²) in [7, 11) is 1.50. The van der Waals surface area contributed by atoms with Gasteiger partial charge in [0.2, 0.25) is 0 Å². The fourth-order valence-electron chi connectivity index (χ4n) is 3.38. The van der Waals surface area contributed by atoms with Gasteiger partial charge in [-0.15, -0.1) is 0 Å². The SMILES string of the molecule is COc1cc(/C=C2\SC(=O)N(CCOc3ccc(F)cc3)C2=O)cc(Br)c1OCc1ccc(Cl)cc1Cl. The Labute approximate surface area is 235 Å². The first kappa shape index (κ1) is 27.3. The molecule has 11 heteroatoms. The van der Waals surface area contributed by atoms with Gasteiger partial charge in [0.05, 0.1) is 23.0 Å². The van der Waals surface area contributed by atoms with E-state index in [9.17, 15) is 14.0 Å². The Balaban J connectivity index is 1.44. The minimum Gasteiger partial charge on any atom is -0.493 e. The summed E-state index contributed by atoms with van der Waals surface area (Å²) in [6.45, 7) is 0.329. The van der Waals surface area contributed by atoms with Crippen molar-refractivity contribution in [3.63, 3.8) is 0 Å². The Morgan fingerprint density at radius 1 is 1.05 bits per heavy atom. The normalized spacial score (nSPS) is 14.4. The van der Waals surface area contributed by atoms with E-state index in [2.05, 4.69) is 15.9 Å². The van der Waals surface area contributed by atoms with Crippen molar-refractivity contribution in [3.05, 3.63) is 91.0 Å². The van der Waals surface area contributed by atoms with Crippen LogP contribution >= 0.6 is 50.9 Å². The number of rotatable bonds is 9. The van der Waals surface area contributed by atoms with Crippen LogP contribution in [0.4, 0.5) is 9.18 Å². The van der Waals surface area contributed by atoms with E-state index < -0.39 is 11.1 Å². The van der Waals surface area contributed by atoms with Gasteiger partial charge in [-0.25, -0.2) is 4.39 Å². The van der Waals surface area contributed by atoms with E-state index in [1.165, 1.54) is 31.4 Å². The molecule has 2 amide bonds. The highest BCUT2D eigenvalue weighted by Crippen LogP contribution is 2.40. The third-order valence-electron chi connectivity index (χ3n) is 5.21. The molecule has 0 spiro atoms. The van der Waals surface area contributed by atoms with Crippen LogP contribution < -0.4 is 14.2 Å². The molecule has 37 heavy (non-hydrogen) atoms. The predicted molar refractivity (Wildman–Crippen MR) is 146 cm³/mol. The number of hydrogen-bond donors (Lipinski definition) is 0. The van der Waals surface area contributed by atoms with Crippen molar-refractivity contribution in [2.75, 3.05) is 20.3 Å². The maximum absolute atomic E-state index is 13.0. The van der Waals surface area contributed by atoms with Gasteiger partial charge < -0.3 is 14.2 Å². The van der Waals surface area contributed by atoms with Gasteiger partial charge in [-0.1, -0.05) is 29.3 Å². The van der Waals surface area contributed by atoms with Crippen LogP contribution in [0.3, 0.4) is 0 Å². The molecule has 0 N–H and O–H groups in total. The van der Waals surface area contributed by atoms with Crippen LogP contribution in [0.2, 0.25) is 10.0 Å². The number of carbonyl (C=O) groups is 2. The molecule has 0 aromatic heterocycles. The third kappa shape index (κ3) is 6.78. The molecular weight excluding hydrogens is 608 g/mol. The molecule has 3 aromatic carbocycles. The molecule has 1 heterocycles. The lowest BCUT2D eigenvalue weighted by Crippen LogP contribution is -2.32. The summed E-state index contributed by atoms with van der Waals surface area (Å²) in [6.07, 6.45) is 1.61. The molecule has 0 unspecified atom stereocenters. The van der Waals surface area contributed by atoms with E-state index in [-0.39, 0.29) is 30.5 Å². The zero-order valence-electron chi connectivity index (χ0n) is 19.3. The average molecular weight is 627 g/mol. The van der Waals surface area contributed by atoms with Crippen LogP contribution in [0.15, 0.2) is 64.0 Å². The molecule has 1 saturated heterocycles. The second-order valence-electron chi connectivity index (χ2n) is 7.69. The zero-order valence-corrected chi connectivity index (χ0v) is 23.2. The predicted octanol–water partition coefficient (Wildman–Crippen LogP) is 7.60. The van der Waals surface area contributed by atoms with Crippen LogP contribution in [-0.2, 0) is 11.4 Å². The largest absolute Gasteiger partial charge is 0.493 e. The highest BCUT2D eigenvalue weighted by molar-refractivity contribution is 9.10. The molecule has 3 aromatic rings. The number of methoxy groups -OCH3 is 1. The summed E-state index contributed by atoms with van der Waals surface area (Å²) in [5.74, 6) is 0.526. The smallest absolute Gasteiger partial charge is 0.293 e. The number of carbonyl (C=O) groups excluding carboxylic acids is 2. The number of benzene rings is 3. The number of imide groups is 1. The van der Waals surface area contributed by atoms with Crippen molar-refractivity contribution in [2.24, 2.45) is 0 Å². The summed E-state index contributed by atoms with van der Waals surface area (Å²) in [5.41, 5.74) is 1.38.